The van der Waals surface area contributed by atoms with Crippen LogP contribution in [0, 0.1) is 0 Å². The minimum atomic E-state index is -0.665. The Morgan fingerprint density at radius 1 is 1.12 bits per heavy atom. The number of halogens is 1. The molecule has 2 fully saturated rings. The number of hydrogen-bond acceptors (Lipinski definition) is 6. The molecule has 2 aromatic rings. The maximum Gasteiger partial charge on any atom is 0.295 e. The number of rotatable bonds is 5. The first-order chi connectivity index (χ1) is 16.4. The Labute approximate surface area is 207 Å². The Kier molecular flexibility index (Phi) is 6.46. The fourth-order valence-corrected chi connectivity index (χ4v) is 5.35. The van der Waals surface area contributed by atoms with Gasteiger partial charge < -0.3 is 19.5 Å². The molecule has 0 saturated carbocycles. The third-order valence-electron chi connectivity index (χ3n) is 6.63. The second-order valence-corrected chi connectivity index (χ2v) is 9.87. The van der Waals surface area contributed by atoms with Crippen molar-refractivity contribution in [2.75, 3.05) is 39.4 Å². The third kappa shape index (κ3) is 4.37. The molecule has 0 radical (unpaired) electrons. The molecule has 3 heterocycles. The highest BCUT2D eigenvalue weighted by Crippen LogP contribution is 2.41. The smallest absolute Gasteiger partial charge is 0.295 e. The van der Waals surface area contributed by atoms with Gasteiger partial charge in [0.05, 0.1) is 24.8 Å². The summed E-state index contributed by atoms with van der Waals surface area (Å²) in [6.45, 7) is 5.92. The van der Waals surface area contributed by atoms with E-state index in [2.05, 4.69) is 20.8 Å². The standard InChI is InChI=1S/C26H27BrN2O5/c1-16-13-19-14-18(5-6-21(19)34-16)24(30)22-23(17-3-2-4-20(27)15-17)29(26(32)25(22)31)8-7-28-9-11-33-12-10-28/h2-6,14-16,23,30H,7-13H2,1H3/b24-22+. The van der Waals surface area contributed by atoms with E-state index in [-0.39, 0.29) is 17.4 Å². The number of likely N-dealkylation sites (tertiary alicyclic amines) is 1. The summed E-state index contributed by atoms with van der Waals surface area (Å²) in [7, 11) is 0. The van der Waals surface area contributed by atoms with Crippen LogP contribution in [0.25, 0.3) is 5.76 Å². The van der Waals surface area contributed by atoms with Crippen molar-refractivity contribution < 1.29 is 24.2 Å². The van der Waals surface area contributed by atoms with Crippen molar-refractivity contribution in [2.45, 2.75) is 25.5 Å². The zero-order chi connectivity index (χ0) is 23.8. The van der Waals surface area contributed by atoms with E-state index in [0.717, 1.165) is 40.9 Å². The molecule has 0 aliphatic carbocycles. The second kappa shape index (κ2) is 9.52. The number of carbonyl (C=O) groups excluding carboxylic acids is 2. The molecule has 5 rings (SSSR count). The van der Waals surface area contributed by atoms with E-state index in [0.29, 0.717) is 31.9 Å². The first kappa shape index (κ1) is 23.1. The van der Waals surface area contributed by atoms with Gasteiger partial charge in [0.1, 0.15) is 17.6 Å². The molecule has 1 amide bonds. The summed E-state index contributed by atoms with van der Waals surface area (Å²) in [5.74, 6) is -0.606. The zero-order valence-electron chi connectivity index (χ0n) is 19.0. The van der Waals surface area contributed by atoms with Crippen LogP contribution in [0.15, 0.2) is 52.5 Å². The van der Waals surface area contributed by atoms with Gasteiger partial charge in [-0.1, -0.05) is 28.1 Å². The van der Waals surface area contributed by atoms with Gasteiger partial charge in [-0.05, 0) is 48.4 Å². The van der Waals surface area contributed by atoms with Crippen LogP contribution in [-0.2, 0) is 20.7 Å². The lowest BCUT2D eigenvalue weighted by Gasteiger charge is -2.31. The average molecular weight is 527 g/mol. The molecule has 8 heteroatoms. The fraction of sp³-hybridized carbons (Fsp3) is 0.385. The average Bonchev–Trinajstić information content (AvgIpc) is 3.33. The number of aliphatic hydroxyl groups excluding tert-OH is 1. The summed E-state index contributed by atoms with van der Waals surface area (Å²) in [6.07, 6.45) is 0.805. The van der Waals surface area contributed by atoms with Crippen molar-refractivity contribution in [3.63, 3.8) is 0 Å². The first-order valence-electron chi connectivity index (χ1n) is 11.6. The van der Waals surface area contributed by atoms with Gasteiger partial charge in [0.2, 0.25) is 0 Å². The number of nitrogens with zero attached hydrogens (tertiary/aromatic N) is 2. The van der Waals surface area contributed by atoms with Crippen molar-refractivity contribution in [1.82, 2.24) is 9.80 Å². The van der Waals surface area contributed by atoms with Crippen LogP contribution in [0.3, 0.4) is 0 Å². The molecule has 2 unspecified atom stereocenters. The van der Waals surface area contributed by atoms with Crippen LogP contribution < -0.4 is 4.74 Å². The number of amides is 1. The van der Waals surface area contributed by atoms with Gasteiger partial charge in [-0.25, -0.2) is 0 Å². The van der Waals surface area contributed by atoms with Crippen LogP contribution in [0.5, 0.6) is 5.75 Å². The molecule has 7 nitrogen and oxygen atoms in total. The molecule has 0 bridgehead atoms. The second-order valence-electron chi connectivity index (χ2n) is 8.96. The molecule has 178 valence electrons. The highest BCUT2D eigenvalue weighted by atomic mass is 79.9. The monoisotopic (exact) mass is 526 g/mol. The number of morpholine rings is 1. The van der Waals surface area contributed by atoms with E-state index in [1.54, 1.807) is 11.0 Å². The van der Waals surface area contributed by atoms with Crippen LogP contribution >= 0.6 is 15.9 Å². The third-order valence-corrected chi connectivity index (χ3v) is 7.13. The van der Waals surface area contributed by atoms with Gasteiger partial charge in [0.15, 0.2) is 0 Å². The van der Waals surface area contributed by atoms with Crippen molar-refractivity contribution >= 4 is 33.4 Å². The number of benzene rings is 2. The highest BCUT2D eigenvalue weighted by molar-refractivity contribution is 9.10. The molecule has 3 aliphatic rings. The summed E-state index contributed by atoms with van der Waals surface area (Å²) in [5, 5.41) is 11.3. The SMILES string of the molecule is CC1Cc2cc(/C(O)=C3\C(=O)C(=O)N(CCN4CCOCC4)C3c3cccc(Br)c3)ccc2O1. The topological polar surface area (TPSA) is 79.3 Å². The maximum atomic E-state index is 13.3. The van der Waals surface area contributed by atoms with Crippen LogP contribution in [0.4, 0.5) is 0 Å². The summed E-state index contributed by atoms with van der Waals surface area (Å²) >= 11 is 3.50. The minimum Gasteiger partial charge on any atom is -0.507 e. The van der Waals surface area contributed by atoms with Crippen molar-refractivity contribution in [3.05, 3.63) is 69.2 Å². The normalized spacial score (nSPS) is 24.4. The predicted octanol–water partition coefficient (Wildman–Crippen LogP) is 3.53. The first-order valence-corrected chi connectivity index (χ1v) is 12.4. The van der Waals surface area contributed by atoms with E-state index < -0.39 is 17.7 Å². The number of aliphatic hydroxyl groups is 1. The Balaban J connectivity index is 1.53. The van der Waals surface area contributed by atoms with Crippen LogP contribution in [0.1, 0.15) is 29.7 Å². The lowest BCUT2D eigenvalue weighted by atomic mass is 9.94. The van der Waals surface area contributed by atoms with Gasteiger partial charge in [-0.2, -0.15) is 0 Å². The predicted molar refractivity (Wildman–Crippen MR) is 131 cm³/mol. The minimum absolute atomic E-state index is 0.0693. The zero-order valence-corrected chi connectivity index (χ0v) is 20.6. The molecular formula is C26H27BrN2O5. The van der Waals surface area contributed by atoms with E-state index in [1.807, 2.05) is 43.3 Å². The van der Waals surface area contributed by atoms with E-state index in [9.17, 15) is 14.7 Å². The van der Waals surface area contributed by atoms with Gasteiger partial charge in [-0.15, -0.1) is 0 Å². The Hall–Kier alpha value is -2.68. The number of carbonyl (C=O) groups is 2. The van der Waals surface area contributed by atoms with Crippen molar-refractivity contribution in [3.8, 4) is 5.75 Å². The largest absolute Gasteiger partial charge is 0.507 e. The molecule has 1 N–H and O–H groups in total. The fourth-order valence-electron chi connectivity index (χ4n) is 4.93. The quantitative estimate of drug-likeness (QED) is 0.364. The van der Waals surface area contributed by atoms with Crippen molar-refractivity contribution in [2.24, 2.45) is 0 Å². The number of fused-ring (bicyclic) bond motifs is 1. The molecule has 2 saturated heterocycles. The van der Waals surface area contributed by atoms with Gasteiger partial charge >= 0.3 is 0 Å². The van der Waals surface area contributed by atoms with Gasteiger partial charge in [0, 0.05) is 42.6 Å². The summed E-state index contributed by atoms with van der Waals surface area (Å²) in [4.78, 5) is 30.2. The summed E-state index contributed by atoms with van der Waals surface area (Å²) in [6, 6.07) is 12.3. The Bertz CT molecular complexity index is 1160. The molecule has 34 heavy (non-hydrogen) atoms. The lowest BCUT2D eigenvalue weighted by Crippen LogP contribution is -2.42. The Morgan fingerprint density at radius 3 is 2.68 bits per heavy atom. The van der Waals surface area contributed by atoms with Gasteiger partial charge in [-0.3, -0.25) is 14.5 Å². The molecular weight excluding hydrogens is 500 g/mol. The van der Waals surface area contributed by atoms with E-state index in [4.69, 9.17) is 9.47 Å². The maximum absolute atomic E-state index is 13.3. The molecule has 3 aliphatic heterocycles. The van der Waals surface area contributed by atoms with Crippen LogP contribution in [-0.4, -0.2) is 72.1 Å². The summed E-state index contributed by atoms with van der Waals surface area (Å²) < 4.78 is 12.0. The number of ketones is 1. The van der Waals surface area contributed by atoms with Gasteiger partial charge in [0.25, 0.3) is 11.7 Å². The molecule has 2 atom stereocenters. The number of ether oxygens (including phenoxy) is 2. The molecule has 0 spiro atoms. The van der Waals surface area contributed by atoms with Crippen molar-refractivity contribution in [1.29, 1.82) is 0 Å². The van der Waals surface area contributed by atoms with E-state index >= 15 is 0 Å². The number of hydrogen-bond donors (Lipinski definition) is 1. The number of Topliss-reactive ketones (excluding diaryl/α,β-unsaturated/α-hetero) is 1. The Morgan fingerprint density at radius 2 is 1.91 bits per heavy atom. The summed E-state index contributed by atoms with van der Waals surface area (Å²) in [5.41, 5.74) is 2.40. The molecule has 2 aromatic carbocycles. The highest BCUT2D eigenvalue weighted by Gasteiger charge is 2.46. The van der Waals surface area contributed by atoms with Crippen LogP contribution in [0.2, 0.25) is 0 Å². The molecule has 0 aromatic heterocycles. The van der Waals surface area contributed by atoms with E-state index in [1.165, 1.54) is 0 Å². The lowest BCUT2D eigenvalue weighted by molar-refractivity contribution is -0.140.